The highest BCUT2D eigenvalue weighted by molar-refractivity contribution is 5.47. The van der Waals surface area contributed by atoms with Crippen molar-refractivity contribution in [1.29, 1.82) is 5.26 Å². The summed E-state index contributed by atoms with van der Waals surface area (Å²) in [4.78, 5) is 0. The molecule has 1 atom stereocenters. The van der Waals surface area contributed by atoms with E-state index in [-0.39, 0.29) is 0 Å². The molecule has 0 bridgehead atoms. The van der Waals surface area contributed by atoms with Gasteiger partial charge in [0.1, 0.15) is 5.75 Å². The Hall–Kier alpha value is -1.53. The predicted octanol–water partition coefficient (Wildman–Crippen LogP) is 6.02. The van der Waals surface area contributed by atoms with Crippen LogP contribution in [0.3, 0.4) is 0 Å². The average molecular weight is 349 g/mol. The zero-order valence-electron chi connectivity index (χ0n) is 17.8. The maximum absolute atomic E-state index is 9.08. The molecule has 25 heavy (non-hydrogen) atoms. The van der Waals surface area contributed by atoms with Crippen molar-refractivity contribution < 1.29 is 4.74 Å². The largest absolute Gasteiger partial charge is 0.494 e. The van der Waals surface area contributed by atoms with E-state index in [0.717, 1.165) is 48.9 Å². The topological polar surface area (TPSA) is 45.0 Å². The molecule has 0 spiro atoms. The number of aryl methyl sites for hydroxylation is 1. The molecule has 1 aliphatic heterocycles. The van der Waals surface area contributed by atoms with Crippen molar-refractivity contribution in [2.45, 2.75) is 74.7 Å². The van der Waals surface area contributed by atoms with Crippen LogP contribution in [0.4, 0.5) is 0 Å². The lowest BCUT2D eigenvalue weighted by Gasteiger charge is -2.22. The highest BCUT2D eigenvalue weighted by atomic mass is 16.5. The van der Waals surface area contributed by atoms with Gasteiger partial charge in [0, 0.05) is 0 Å². The third-order valence-electron chi connectivity index (χ3n) is 3.96. The van der Waals surface area contributed by atoms with Crippen LogP contribution in [-0.2, 0) is 0 Å². The predicted molar refractivity (Wildman–Crippen MR) is 110 cm³/mol. The van der Waals surface area contributed by atoms with Gasteiger partial charge in [-0.2, -0.15) is 5.26 Å². The summed E-state index contributed by atoms with van der Waals surface area (Å²) in [7, 11) is 0. The first-order chi connectivity index (χ1) is 12.2. The molecule has 1 fully saturated rings. The third-order valence-corrected chi connectivity index (χ3v) is 3.96. The summed E-state index contributed by atoms with van der Waals surface area (Å²) in [5.74, 6) is 1.55. The number of piperidine rings is 1. The molecule has 1 aromatic carbocycles. The summed E-state index contributed by atoms with van der Waals surface area (Å²) < 4.78 is 5.81. The van der Waals surface area contributed by atoms with Crippen LogP contribution >= 0.6 is 0 Å². The normalized spacial score (nSPS) is 15.1. The first-order valence-corrected chi connectivity index (χ1v) is 10.1. The number of benzene rings is 1. The molecular weight excluding hydrogens is 308 g/mol. The molecular formula is C22H40N2O. The van der Waals surface area contributed by atoms with Gasteiger partial charge in [-0.15, -0.1) is 0 Å². The van der Waals surface area contributed by atoms with E-state index in [1.54, 1.807) is 0 Å². The van der Waals surface area contributed by atoms with Crippen LogP contribution in [0.1, 0.15) is 77.5 Å². The Morgan fingerprint density at radius 1 is 1.12 bits per heavy atom. The molecule has 0 aliphatic carbocycles. The number of nitrogens with one attached hydrogen (secondary N) is 1. The summed E-state index contributed by atoms with van der Waals surface area (Å²) in [5.41, 5.74) is 2.88. The second kappa shape index (κ2) is 17.3. The lowest BCUT2D eigenvalue weighted by atomic mass is 9.97. The number of hydrogen-bond donors (Lipinski definition) is 1. The highest BCUT2D eigenvalue weighted by Crippen LogP contribution is 2.22. The number of hydrogen-bond acceptors (Lipinski definition) is 3. The van der Waals surface area contributed by atoms with Crippen molar-refractivity contribution in [3.8, 4) is 11.8 Å². The van der Waals surface area contributed by atoms with Crippen LogP contribution in [0.15, 0.2) is 12.1 Å². The van der Waals surface area contributed by atoms with Crippen molar-refractivity contribution in [2.75, 3.05) is 19.7 Å². The van der Waals surface area contributed by atoms with Crippen LogP contribution < -0.4 is 10.1 Å². The van der Waals surface area contributed by atoms with Crippen molar-refractivity contribution in [3.05, 3.63) is 28.8 Å². The molecule has 0 saturated carbocycles. The Balaban J connectivity index is 0. The summed E-state index contributed by atoms with van der Waals surface area (Å²) >= 11 is 0. The van der Waals surface area contributed by atoms with Crippen LogP contribution in [0.5, 0.6) is 5.75 Å². The minimum absolute atomic E-state index is 0.717. The molecule has 2 rings (SSSR count). The number of nitrogens with zero attached hydrogens (tertiary/aromatic N) is 1. The van der Waals surface area contributed by atoms with E-state index in [4.69, 9.17) is 10.00 Å². The molecule has 1 unspecified atom stereocenters. The van der Waals surface area contributed by atoms with Gasteiger partial charge in [0.25, 0.3) is 0 Å². The van der Waals surface area contributed by atoms with E-state index < -0.39 is 0 Å². The summed E-state index contributed by atoms with van der Waals surface area (Å²) in [5, 5.41) is 12.5. The molecule has 1 aromatic rings. The maximum Gasteiger partial charge on any atom is 0.120 e. The van der Waals surface area contributed by atoms with E-state index in [2.05, 4.69) is 11.4 Å². The van der Waals surface area contributed by atoms with Crippen LogP contribution in [-0.4, -0.2) is 19.7 Å². The van der Waals surface area contributed by atoms with E-state index in [1.807, 2.05) is 67.5 Å². The molecule has 3 nitrogen and oxygen atoms in total. The Morgan fingerprint density at radius 3 is 2.28 bits per heavy atom. The first-order valence-electron chi connectivity index (χ1n) is 10.1. The van der Waals surface area contributed by atoms with E-state index in [0.29, 0.717) is 5.56 Å². The van der Waals surface area contributed by atoms with Crippen molar-refractivity contribution in [2.24, 2.45) is 5.92 Å². The van der Waals surface area contributed by atoms with Crippen molar-refractivity contribution >= 4 is 0 Å². The minimum atomic E-state index is 0.717. The van der Waals surface area contributed by atoms with Gasteiger partial charge in [0.15, 0.2) is 0 Å². The van der Waals surface area contributed by atoms with E-state index in [9.17, 15) is 0 Å². The number of ether oxygens (including phenoxy) is 1. The fourth-order valence-electron chi connectivity index (χ4n) is 2.54. The Kier molecular flexibility index (Phi) is 17.8. The van der Waals surface area contributed by atoms with Gasteiger partial charge < -0.3 is 10.1 Å². The molecule has 144 valence electrons. The van der Waals surface area contributed by atoms with Crippen LogP contribution in [0.2, 0.25) is 0 Å². The SMILES string of the molecule is CC.CC.CC.Cc1cc(OCCC2CCCNC2)cc(C#N)c1C. The van der Waals surface area contributed by atoms with Gasteiger partial charge in [-0.1, -0.05) is 41.5 Å². The quantitative estimate of drug-likeness (QED) is 0.723. The molecule has 0 amide bonds. The minimum Gasteiger partial charge on any atom is -0.494 e. The number of rotatable bonds is 4. The Bertz CT molecular complexity index is 472. The molecule has 3 heteroatoms. The van der Waals surface area contributed by atoms with Gasteiger partial charge in [-0.25, -0.2) is 0 Å². The summed E-state index contributed by atoms with van der Waals surface area (Å²) in [6.07, 6.45) is 3.65. The lowest BCUT2D eigenvalue weighted by molar-refractivity contribution is 0.254. The second-order valence-corrected chi connectivity index (χ2v) is 5.37. The summed E-state index contributed by atoms with van der Waals surface area (Å²) in [6, 6.07) is 6.10. The standard InChI is InChI=1S/C16H22N2O.3C2H6/c1-12-8-16(9-15(10-17)13(12)2)19-7-5-14-4-3-6-18-11-14;3*1-2/h8-9,14,18H,3-7,11H2,1-2H3;3*1-2H3. The maximum atomic E-state index is 9.08. The van der Waals surface area contributed by atoms with Gasteiger partial charge in [-0.05, 0) is 75.4 Å². The van der Waals surface area contributed by atoms with Crippen molar-refractivity contribution in [3.63, 3.8) is 0 Å². The van der Waals surface area contributed by atoms with Crippen molar-refractivity contribution in [1.82, 2.24) is 5.32 Å². The van der Waals surface area contributed by atoms with Gasteiger partial charge in [0.05, 0.1) is 18.2 Å². The van der Waals surface area contributed by atoms with E-state index >= 15 is 0 Å². The lowest BCUT2D eigenvalue weighted by Crippen LogP contribution is -2.30. The van der Waals surface area contributed by atoms with Gasteiger partial charge >= 0.3 is 0 Å². The smallest absolute Gasteiger partial charge is 0.120 e. The Labute approximate surface area is 156 Å². The van der Waals surface area contributed by atoms with Gasteiger partial charge in [0.2, 0.25) is 0 Å². The average Bonchev–Trinajstić information content (AvgIpc) is 2.70. The van der Waals surface area contributed by atoms with E-state index in [1.165, 1.54) is 12.8 Å². The summed E-state index contributed by atoms with van der Waals surface area (Å²) in [6.45, 7) is 19.0. The zero-order valence-corrected chi connectivity index (χ0v) is 17.8. The molecule has 1 heterocycles. The fraction of sp³-hybridized carbons (Fsp3) is 0.682. The Morgan fingerprint density at radius 2 is 1.76 bits per heavy atom. The molecule has 1 saturated heterocycles. The molecule has 1 aliphatic rings. The third kappa shape index (κ3) is 10.1. The zero-order chi connectivity index (χ0) is 19.7. The van der Waals surface area contributed by atoms with Gasteiger partial charge in [-0.3, -0.25) is 0 Å². The monoisotopic (exact) mass is 348 g/mol. The second-order valence-electron chi connectivity index (χ2n) is 5.37. The number of nitriles is 1. The fourth-order valence-corrected chi connectivity index (χ4v) is 2.54. The molecule has 1 N–H and O–H groups in total. The first kappa shape index (κ1) is 25.7. The molecule has 0 aromatic heterocycles. The highest BCUT2D eigenvalue weighted by Gasteiger charge is 2.13. The van der Waals surface area contributed by atoms with Crippen LogP contribution in [0, 0.1) is 31.1 Å². The molecule has 0 radical (unpaired) electrons. The van der Waals surface area contributed by atoms with Crippen LogP contribution in [0.25, 0.3) is 0 Å².